The predicted octanol–water partition coefficient (Wildman–Crippen LogP) is 1.07. The van der Waals surface area contributed by atoms with Crippen LogP contribution in [-0.4, -0.2) is 49.2 Å². The molecule has 6 heteroatoms. The Labute approximate surface area is 124 Å². The zero-order chi connectivity index (χ0) is 13.2. The van der Waals surface area contributed by atoms with Crippen LogP contribution in [0.15, 0.2) is 24.3 Å². The maximum atomic E-state index is 12.5. The molecule has 0 saturated carbocycles. The number of carbonyl (C=O) groups excluding carboxylic acids is 1. The Balaban J connectivity index is 0.00000147. The highest BCUT2D eigenvalue weighted by atomic mass is 35.5. The minimum atomic E-state index is -0.532. The molecule has 2 aliphatic heterocycles. The van der Waals surface area contributed by atoms with E-state index in [-0.39, 0.29) is 31.0 Å². The number of para-hydroxylation sites is 2. The van der Waals surface area contributed by atoms with Crippen LogP contribution >= 0.6 is 12.4 Å². The third kappa shape index (κ3) is 2.83. The number of carbonyl (C=O) groups is 1. The van der Waals surface area contributed by atoms with Crippen molar-refractivity contribution in [2.75, 3.05) is 26.2 Å². The van der Waals surface area contributed by atoms with Crippen molar-refractivity contribution in [3.63, 3.8) is 0 Å². The molecule has 2 atom stereocenters. The van der Waals surface area contributed by atoms with E-state index in [0.717, 1.165) is 19.6 Å². The minimum absolute atomic E-state index is 0. The molecular formula is C14H19ClN2O3. The Bertz CT molecular complexity index is 483. The Hall–Kier alpha value is -1.46. The van der Waals surface area contributed by atoms with Crippen LogP contribution in [0.2, 0.25) is 0 Å². The van der Waals surface area contributed by atoms with Crippen LogP contribution in [0.4, 0.5) is 0 Å². The molecule has 1 aromatic rings. The van der Waals surface area contributed by atoms with Crippen molar-refractivity contribution in [3.05, 3.63) is 24.3 Å². The third-order valence-electron chi connectivity index (χ3n) is 3.57. The topological polar surface area (TPSA) is 50.8 Å². The first kappa shape index (κ1) is 14.9. The minimum Gasteiger partial charge on any atom is -0.485 e. The van der Waals surface area contributed by atoms with Crippen LogP contribution in [0.25, 0.3) is 0 Å². The second-order valence-corrected chi connectivity index (χ2v) is 4.95. The second kappa shape index (κ2) is 6.33. The van der Waals surface area contributed by atoms with E-state index in [0.29, 0.717) is 11.5 Å². The lowest BCUT2D eigenvalue weighted by molar-refractivity contribution is -0.144. The molecule has 1 fully saturated rings. The zero-order valence-electron chi connectivity index (χ0n) is 11.4. The summed E-state index contributed by atoms with van der Waals surface area (Å²) >= 11 is 0. The van der Waals surface area contributed by atoms with Crippen molar-refractivity contribution < 1.29 is 14.3 Å². The van der Waals surface area contributed by atoms with Gasteiger partial charge in [-0.25, -0.2) is 0 Å². The van der Waals surface area contributed by atoms with Gasteiger partial charge in [0, 0.05) is 25.7 Å². The van der Waals surface area contributed by atoms with Gasteiger partial charge in [-0.05, 0) is 19.1 Å². The number of fused-ring (bicyclic) bond motifs is 1. The molecule has 5 nitrogen and oxygen atoms in total. The van der Waals surface area contributed by atoms with Crippen LogP contribution in [0.1, 0.15) is 6.92 Å². The molecule has 1 unspecified atom stereocenters. The number of hydrogen-bond acceptors (Lipinski definition) is 4. The van der Waals surface area contributed by atoms with Crippen molar-refractivity contribution in [2.45, 2.75) is 19.1 Å². The second-order valence-electron chi connectivity index (χ2n) is 4.95. The third-order valence-corrected chi connectivity index (χ3v) is 3.57. The molecule has 110 valence electrons. The molecule has 20 heavy (non-hydrogen) atoms. The molecule has 2 heterocycles. The molecular weight excluding hydrogens is 280 g/mol. The number of benzene rings is 1. The molecule has 0 spiro atoms. The Kier molecular flexibility index (Phi) is 4.73. The van der Waals surface area contributed by atoms with E-state index in [1.807, 2.05) is 36.1 Å². The van der Waals surface area contributed by atoms with Gasteiger partial charge in [-0.2, -0.15) is 0 Å². The van der Waals surface area contributed by atoms with Gasteiger partial charge in [0.1, 0.15) is 6.61 Å². The number of halogens is 1. The summed E-state index contributed by atoms with van der Waals surface area (Å²) in [7, 11) is 0. The quantitative estimate of drug-likeness (QED) is 0.843. The van der Waals surface area contributed by atoms with Crippen LogP contribution in [0, 0.1) is 0 Å². The van der Waals surface area contributed by atoms with Crippen molar-refractivity contribution in [1.29, 1.82) is 0 Å². The van der Waals surface area contributed by atoms with Gasteiger partial charge in [0.15, 0.2) is 11.5 Å². The number of hydrogen-bond donors (Lipinski definition) is 1. The van der Waals surface area contributed by atoms with Crippen molar-refractivity contribution in [2.24, 2.45) is 0 Å². The molecule has 3 rings (SSSR count). The lowest BCUT2D eigenvalue weighted by atomic mass is 10.1. The fourth-order valence-electron chi connectivity index (χ4n) is 2.49. The Morgan fingerprint density at radius 3 is 2.85 bits per heavy atom. The van der Waals surface area contributed by atoms with Gasteiger partial charge >= 0.3 is 0 Å². The Morgan fingerprint density at radius 1 is 1.35 bits per heavy atom. The van der Waals surface area contributed by atoms with Crippen molar-refractivity contribution in [3.8, 4) is 11.5 Å². The first-order valence-electron chi connectivity index (χ1n) is 6.65. The highest BCUT2D eigenvalue weighted by molar-refractivity contribution is 5.85. The van der Waals surface area contributed by atoms with Gasteiger partial charge < -0.3 is 19.7 Å². The molecule has 0 aromatic heterocycles. The normalized spacial score (nSPS) is 24.8. The van der Waals surface area contributed by atoms with Crippen LogP contribution in [-0.2, 0) is 4.79 Å². The average molecular weight is 299 g/mol. The SMILES string of the molecule is C[C@H]1CNCCN1C(=O)C1COc2ccccc2O1.Cl. The molecule has 1 aromatic carbocycles. The number of ether oxygens (including phenoxy) is 2. The number of nitrogens with zero attached hydrogens (tertiary/aromatic N) is 1. The standard InChI is InChI=1S/C14H18N2O3.ClH/c1-10-8-15-6-7-16(10)14(17)13-9-18-11-4-2-3-5-12(11)19-13;/h2-5,10,13,15H,6-9H2,1H3;1H/t10-,13?;/m0./s1. The van der Waals surface area contributed by atoms with Gasteiger partial charge in [0.2, 0.25) is 6.10 Å². The summed E-state index contributed by atoms with van der Waals surface area (Å²) in [6.07, 6.45) is -0.532. The molecule has 1 amide bonds. The van der Waals surface area contributed by atoms with Crippen molar-refractivity contribution >= 4 is 18.3 Å². The van der Waals surface area contributed by atoms with E-state index in [1.165, 1.54) is 0 Å². The lowest BCUT2D eigenvalue weighted by Crippen LogP contribution is -2.57. The summed E-state index contributed by atoms with van der Waals surface area (Å²) in [5.74, 6) is 1.37. The maximum Gasteiger partial charge on any atom is 0.267 e. The van der Waals surface area contributed by atoms with Gasteiger partial charge in [0.05, 0.1) is 0 Å². The van der Waals surface area contributed by atoms with E-state index in [2.05, 4.69) is 5.32 Å². The van der Waals surface area contributed by atoms with Gasteiger partial charge in [-0.15, -0.1) is 12.4 Å². The largest absolute Gasteiger partial charge is 0.485 e. The number of nitrogens with one attached hydrogen (secondary N) is 1. The van der Waals surface area contributed by atoms with Crippen LogP contribution in [0.5, 0.6) is 11.5 Å². The van der Waals surface area contributed by atoms with Crippen LogP contribution in [0.3, 0.4) is 0 Å². The highest BCUT2D eigenvalue weighted by Crippen LogP contribution is 2.31. The average Bonchev–Trinajstić information content (AvgIpc) is 2.46. The molecule has 2 aliphatic rings. The first-order chi connectivity index (χ1) is 9.25. The summed E-state index contributed by atoms with van der Waals surface area (Å²) in [6, 6.07) is 7.65. The lowest BCUT2D eigenvalue weighted by Gasteiger charge is -2.37. The molecule has 1 saturated heterocycles. The molecule has 0 radical (unpaired) electrons. The summed E-state index contributed by atoms with van der Waals surface area (Å²) in [6.45, 7) is 4.71. The van der Waals surface area contributed by atoms with E-state index in [1.54, 1.807) is 0 Å². The molecule has 0 bridgehead atoms. The van der Waals surface area contributed by atoms with Crippen molar-refractivity contribution in [1.82, 2.24) is 10.2 Å². The summed E-state index contributed by atoms with van der Waals surface area (Å²) in [5, 5.41) is 3.27. The first-order valence-corrected chi connectivity index (χ1v) is 6.65. The zero-order valence-corrected chi connectivity index (χ0v) is 12.2. The van der Waals surface area contributed by atoms with E-state index in [9.17, 15) is 4.79 Å². The van der Waals surface area contributed by atoms with Gasteiger partial charge in [-0.1, -0.05) is 12.1 Å². The summed E-state index contributed by atoms with van der Waals surface area (Å²) in [5.41, 5.74) is 0. The van der Waals surface area contributed by atoms with E-state index in [4.69, 9.17) is 9.47 Å². The summed E-state index contributed by atoms with van der Waals surface area (Å²) < 4.78 is 11.4. The smallest absolute Gasteiger partial charge is 0.267 e. The molecule has 0 aliphatic carbocycles. The fraction of sp³-hybridized carbons (Fsp3) is 0.500. The van der Waals surface area contributed by atoms with Gasteiger partial charge in [0.25, 0.3) is 5.91 Å². The maximum absolute atomic E-state index is 12.5. The number of rotatable bonds is 1. The highest BCUT2D eigenvalue weighted by Gasteiger charge is 2.33. The van der Waals surface area contributed by atoms with E-state index >= 15 is 0 Å². The predicted molar refractivity (Wildman–Crippen MR) is 77.6 cm³/mol. The number of piperazine rings is 1. The number of amides is 1. The van der Waals surface area contributed by atoms with Crippen LogP contribution < -0.4 is 14.8 Å². The summed E-state index contributed by atoms with van der Waals surface area (Å²) in [4.78, 5) is 14.3. The Morgan fingerprint density at radius 2 is 2.10 bits per heavy atom. The van der Waals surface area contributed by atoms with Gasteiger partial charge in [-0.3, -0.25) is 4.79 Å². The van der Waals surface area contributed by atoms with E-state index < -0.39 is 6.10 Å². The fourth-order valence-corrected chi connectivity index (χ4v) is 2.49. The molecule has 1 N–H and O–H groups in total. The monoisotopic (exact) mass is 298 g/mol.